The molecule has 1 N–H and O–H groups in total. The lowest BCUT2D eigenvalue weighted by molar-refractivity contribution is 0.0683. The van der Waals surface area contributed by atoms with Crippen molar-refractivity contribution in [1.82, 2.24) is 0 Å². The van der Waals surface area contributed by atoms with Crippen LogP contribution in [0.25, 0.3) is 0 Å². The van der Waals surface area contributed by atoms with E-state index < -0.39 is 5.97 Å². The molecule has 5 nitrogen and oxygen atoms in total. The van der Waals surface area contributed by atoms with E-state index in [2.05, 4.69) is 0 Å². The average molecular weight is 288 g/mol. The summed E-state index contributed by atoms with van der Waals surface area (Å²) in [5.74, 6) is -0.504. The van der Waals surface area contributed by atoms with Crippen LogP contribution < -0.4 is 4.74 Å². The Labute approximate surface area is 117 Å². The van der Waals surface area contributed by atoms with Crippen molar-refractivity contribution in [3.8, 4) is 5.75 Å². The van der Waals surface area contributed by atoms with Crippen LogP contribution in [0.2, 0.25) is 0 Å². The first-order chi connectivity index (χ1) is 9.19. The summed E-state index contributed by atoms with van der Waals surface area (Å²) in [4.78, 5) is 12.3. The summed E-state index contributed by atoms with van der Waals surface area (Å²) in [6.45, 7) is 4.08. The second kappa shape index (κ2) is 8.90. The summed E-state index contributed by atoms with van der Waals surface area (Å²) in [5.41, 5.74) is 0. The highest BCUT2D eigenvalue weighted by atomic mass is 32.1. The summed E-state index contributed by atoms with van der Waals surface area (Å²) >= 11 is 1.26. The first-order valence-corrected chi connectivity index (χ1v) is 7.06. The number of aromatic carboxylic acids is 1. The summed E-state index contributed by atoms with van der Waals surface area (Å²) in [7, 11) is 1.65. The summed E-state index contributed by atoms with van der Waals surface area (Å²) in [6, 6.07) is 1.79. The van der Waals surface area contributed by atoms with Crippen molar-refractivity contribution in [3.05, 3.63) is 15.8 Å². The van der Waals surface area contributed by atoms with Gasteiger partial charge in [0.05, 0.1) is 6.61 Å². The van der Waals surface area contributed by atoms with Gasteiger partial charge in [0, 0.05) is 25.2 Å². The molecule has 108 valence electrons. The van der Waals surface area contributed by atoms with Crippen LogP contribution in [0, 0.1) is 0 Å². The second-order valence-corrected chi connectivity index (χ2v) is 5.01. The van der Waals surface area contributed by atoms with E-state index in [-0.39, 0.29) is 4.88 Å². The fourth-order valence-corrected chi connectivity index (χ4v) is 2.35. The molecule has 19 heavy (non-hydrogen) atoms. The van der Waals surface area contributed by atoms with Crippen molar-refractivity contribution in [2.45, 2.75) is 19.8 Å². The molecule has 0 saturated heterocycles. The molecule has 0 aromatic carbocycles. The fraction of sp³-hybridized carbons (Fsp3) is 0.615. The number of methoxy groups -OCH3 is 1. The van der Waals surface area contributed by atoms with Crippen molar-refractivity contribution in [2.24, 2.45) is 0 Å². The van der Waals surface area contributed by atoms with Gasteiger partial charge in [-0.2, -0.15) is 0 Å². The SMILES string of the molecule is CCc1cc(OCCOCCCOC)c(C(=O)O)s1. The molecule has 0 aliphatic rings. The molecular formula is C13H20O5S. The van der Waals surface area contributed by atoms with E-state index in [9.17, 15) is 4.79 Å². The van der Waals surface area contributed by atoms with Crippen molar-refractivity contribution in [3.63, 3.8) is 0 Å². The quantitative estimate of drug-likeness (QED) is 0.670. The zero-order chi connectivity index (χ0) is 14.1. The zero-order valence-electron chi connectivity index (χ0n) is 11.3. The van der Waals surface area contributed by atoms with E-state index in [0.717, 1.165) is 17.7 Å². The highest BCUT2D eigenvalue weighted by Crippen LogP contribution is 2.29. The predicted octanol–water partition coefficient (Wildman–Crippen LogP) is 2.44. The van der Waals surface area contributed by atoms with Gasteiger partial charge < -0.3 is 19.3 Å². The molecule has 0 atom stereocenters. The number of thiophene rings is 1. The minimum Gasteiger partial charge on any atom is -0.489 e. The third-order valence-corrected chi connectivity index (χ3v) is 3.66. The molecule has 0 radical (unpaired) electrons. The van der Waals surface area contributed by atoms with Crippen LogP contribution in [0.4, 0.5) is 0 Å². The van der Waals surface area contributed by atoms with Gasteiger partial charge in [-0.15, -0.1) is 11.3 Å². The van der Waals surface area contributed by atoms with Crippen LogP contribution in [0.1, 0.15) is 27.9 Å². The van der Waals surface area contributed by atoms with Gasteiger partial charge in [-0.3, -0.25) is 0 Å². The second-order valence-electron chi connectivity index (χ2n) is 3.87. The molecule has 1 heterocycles. The Morgan fingerprint density at radius 3 is 2.74 bits per heavy atom. The van der Waals surface area contributed by atoms with Crippen LogP contribution in [-0.4, -0.2) is 44.6 Å². The molecular weight excluding hydrogens is 268 g/mol. The number of carbonyl (C=O) groups is 1. The number of ether oxygens (including phenoxy) is 3. The number of rotatable bonds is 10. The maximum absolute atomic E-state index is 11.0. The number of hydrogen-bond donors (Lipinski definition) is 1. The first-order valence-electron chi connectivity index (χ1n) is 6.24. The van der Waals surface area contributed by atoms with E-state index in [4.69, 9.17) is 19.3 Å². The molecule has 6 heteroatoms. The van der Waals surface area contributed by atoms with Gasteiger partial charge in [0.1, 0.15) is 12.4 Å². The molecule has 0 spiro atoms. The van der Waals surface area contributed by atoms with E-state index in [1.807, 2.05) is 6.92 Å². The Bertz CT molecular complexity index is 388. The van der Waals surface area contributed by atoms with Crippen LogP contribution in [0.15, 0.2) is 6.07 Å². The first kappa shape index (κ1) is 15.9. The lowest BCUT2D eigenvalue weighted by atomic mass is 10.3. The maximum atomic E-state index is 11.0. The number of carboxylic acids is 1. The van der Waals surface area contributed by atoms with Crippen LogP contribution in [-0.2, 0) is 15.9 Å². The Morgan fingerprint density at radius 1 is 1.32 bits per heavy atom. The standard InChI is InChI=1S/C13H20O5S/c1-3-10-9-11(12(19-10)13(14)15)18-8-7-17-6-4-5-16-2/h9H,3-8H2,1-2H3,(H,14,15). The highest BCUT2D eigenvalue weighted by Gasteiger charge is 2.15. The summed E-state index contributed by atoms with van der Waals surface area (Å²) < 4.78 is 15.7. The van der Waals surface area contributed by atoms with Crippen molar-refractivity contribution in [2.75, 3.05) is 33.5 Å². The van der Waals surface area contributed by atoms with Gasteiger partial charge in [-0.25, -0.2) is 4.79 Å². The molecule has 1 aromatic rings. The summed E-state index contributed by atoms with van der Waals surface area (Å²) in [5, 5.41) is 9.06. The fourth-order valence-electron chi connectivity index (χ4n) is 1.47. The Balaban J connectivity index is 2.32. The number of aryl methyl sites for hydroxylation is 1. The minimum atomic E-state index is -0.944. The maximum Gasteiger partial charge on any atom is 0.349 e. The largest absolute Gasteiger partial charge is 0.489 e. The molecule has 0 fully saturated rings. The lowest BCUT2D eigenvalue weighted by Crippen LogP contribution is -2.09. The predicted molar refractivity (Wildman–Crippen MR) is 73.5 cm³/mol. The van der Waals surface area contributed by atoms with E-state index in [1.165, 1.54) is 11.3 Å². The smallest absolute Gasteiger partial charge is 0.349 e. The molecule has 0 aliphatic heterocycles. The van der Waals surface area contributed by atoms with E-state index >= 15 is 0 Å². The van der Waals surface area contributed by atoms with Gasteiger partial charge in [-0.05, 0) is 18.9 Å². The van der Waals surface area contributed by atoms with Crippen molar-refractivity contribution >= 4 is 17.3 Å². The Kier molecular flexibility index (Phi) is 7.47. The topological polar surface area (TPSA) is 65.0 Å². The molecule has 0 bridgehead atoms. The van der Waals surface area contributed by atoms with Crippen molar-refractivity contribution < 1.29 is 24.1 Å². The molecule has 0 saturated carbocycles. The van der Waals surface area contributed by atoms with Gasteiger partial charge in [0.15, 0.2) is 4.88 Å². The lowest BCUT2D eigenvalue weighted by Gasteiger charge is -2.06. The van der Waals surface area contributed by atoms with E-state index in [0.29, 0.717) is 32.2 Å². The third kappa shape index (κ3) is 5.59. The molecule has 0 aliphatic carbocycles. The minimum absolute atomic E-state index is 0.260. The van der Waals surface area contributed by atoms with Crippen molar-refractivity contribution in [1.29, 1.82) is 0 Å². The molecule has 1 aromatic heterocycles. The van der Waals surface area contributed by atoms with E-state index in [1.54, 1.807) is 13.2 Å². The average Bonchev–Trinajstić information content (AvgIpc) is 2.81. The van der Waals surface area contributed by atoms with Gasteiger partial charge in [0.2, 0.25) is 0 Å². The molecule has 1 rings (SSSR count). The molecule has 0 unspecified atom stereocenters. The normalized spacial score (nSPS) is 10.6. The number of hydrogen-bond acceptors (Lipinski definition) is 5. The summed E-state index contributed by atoms with van der Waals surface area (Å²) in [6.07, 6.45) is 1.65. The highest BCUT2D eigenvalue weighted by molar-refractivity contribution is 7.14. The van der Waals surface area contributed by atoms with Crippen LogP contribution in [0.3, 0.4) is 0 Å². The van der Waals surface area contributed by atoms with Crippen LogP contribution >= 0.6 is 11.3 Å². The van der Waals surface area contributed by atoms with Gasteiger partial charge in [-0.1, -0.05) is 6.92 Å². The molecule has 0 amide bonds. The zero-order valence-corrected chi connectivity index (χ0v) is 12.1. The van der Waals surface area contributed by atoms with Gasteiger partial charge >= 0.3 is 5.97 Å². The number of carboxylic acid groups (broad SMARTS) is 1. The Morgan fingerprint density at radius 2 is 2.11 bits per heavy atom. The third-order valence-electron chi connectivity index (χ3n) is 2.41. The monoisotopic (exact) mass is 288 g/mol. The van der Waals surface area contributed by atoms with Crippen LogP contribution in [0.5, 0.6) is 5.75 Å². The Hall–Kier alpha value is -1.11. The van der Waals surface area contributed by atoms with Gasteiger partial charge in [0.25, 0.3) is 0 Å².